The maximum absolute atomic E-state index is 13.0. The van der Waals surface area contributed by atoms with E-state index in [4.69, 9.17) is 32.9 Å². The molecule has 202 valence electrons. The van der Waals surface area contributed by atoms with Crippen molar-refractivity contribution < 1.29 is 4.74 Å². The molecule has 0 saturated carbocycles. The standard InChI is InChI=1S/C29H24Cl2N6O3/c1-36-26-22(28(38)37(2)29(36)39)25(32-14-33-26)34-20-12-6-10-18(24(20)31)17-9-5-11-19(23(17)30)21-13-15-7-4-8-16(15)27(35-21)40-3/h5-6,9-14H,4,7-8H2,1-3H3,(H,32,33,34). The second kappa shape index (κ2) is 10.1. The first-order valence-electron chi connectivity index (χ1n) is 12.6. The largest absolute Gasteiger partial charge is 0.481 e. The third kappa shape index (κ3) is 4.13. The molecule has 0 unspecified atom stereocenters. The molecule has 0 saturated heterocycles. The number of halogens is 2. The predicted molar refractivity (Wildman–Crippen MR) is 157 cm³/mol. The van der Waals surface area contributed by atoms with E-state index >= 15 is 0 Å². The zero-order valence-electron chi connectivity index (χ0n) is 22.0. The van der Waals surface area contributed by atoms with E-state index < -0.39 is 11.2 Å². The molecule has 5 aromatic rings. The summed E-state index contributed by atoms with van der Waals surface area (Å²) < 4.78 is 7.91. The van der Waals surface area contributed by atoms with Gasteiger partial charge < -0.3 is 10.1 Å². The van der Waals surface area contributed by atoms with Gasteiger partial charge >= 0.3 is 5.69 Å². The number of nitrogens with zero attached hydrogens (tertiary/aromatic N) is 5. The van der Waals surface area contributed by atoms with Crippen molar-refractivity contribution in [2.45, 2.75) is 19.3 Å². The van der Waals surface area contributed by atoms with Gasteiger partial charge in [0.15, 0.2) is 5.65 Å². The first-order chi connectivity index (χ1) is 19.3. The average Bonchev–Trinajstić information content (AvgIpc) is 3.45. The molecule has 9 nitrogen and oxygen atoms in total. The van der Waals surface area contributed by atoms with E-state index in [0.717, 1.165) is 46.2 Å². The van der Waals surface area contributed by atoms with Gasteiger partial charge in [-0.1, -0.05) is 53.5 Å². The van der Waals surface area contributed by atoms with Gasteiger partial charge in [-0.2, -0.15) is 0 Å². The van der Waals surface area contributed by atoms with Gasteiger partial charge in [0.25, 0.3) is 5.56 Å². The van der Waals surface area contributed by atoms with Crippen LogP contribution in [0, 0.1) is 0 Å². The minimum atomic E-state index is -0.513. The molecule has 0 fully saturated rings. The highest BCUT2D eigenvalue weighted by Crippen LogP contribution is 2.43. The molecule has 0 bridgehead atoms. The number of hydrogen-bond acceptors (Lipinski definition) is 7. The summed E-state index contributed by atoms with van der Waals surface area (Å²) in [5, 5.41) is 4.23. The average molecular weight is 575 g/mol. The number of fused-ring (bicyclic) bond motifs is 2. The van der Waals surface area contributed by atoms with Crippen molar-refractivity contribution in [3.8, 4) is 28.3 Å². The molecule has 11 heteroatoms. The Labute approximate surface area is 239 Å². The lowest BCUT2D eigenvalue weighted by atomic mass is 9.99. The topological polar surface area (TPSA) is 104 Å². The van der Waals surface area contributed by atoms with Crippen molar-refractivity contribution >= 4 is 45.7 Å². The molecular weight excluding hydrogens is 551 g/mol. The second-order valence-corrected chi connectivity index (χ2v) is 10.3. The molecule has 1 N–H and O–H groups in total. The van der Waals surface area contributed by atoms with Crippen LogP contribution in [0.4, 0.5) is 11.5 Å². The molecule has 0 atom stereocenters. The molecular formula is C29H24Cl2N6O3. The highest BCUT2D eigenvalue weighted by molar-refractivity contribution is 6.39. The lowest BCUT2D eigenvalue weighted by Crippen LogP contribution is -2.37. The Bertz CT molecular complexity index is 1950. The van der Waals surface area contributed by atoms with Gasteiger partial charge in [-0.15, -0.1) is 0 Å². The highest BCUT2D eigenvalue weighted by atomic mass is 35.5. The van der Waals surface area contributed by atoms with Gasteiger partial charge in [0.1, 0.15) is 17.5 Å². The summed E-state index contributed by atoms with van der Waals surface area (Å²) >= 11 is 13.9. The number of pyridine rings is 1. The first kappa shape index (κ1) is 26.0. The van der Waals surface area contributed by atoms with Crippen LogP contribution in [0.15, 0.2) is 58.4 Å². The number of ether oxygens (including phenoxy) is 1. The van der Waals surface area contributed by atoms with E-state index in [-0.39, 0.29) is 16.9 Å². The number of anilines is 2. The SMILES string of the molecule is COc1nc(-c2cccc(-c3cccc(Nc4ncnc5c4c(=O)n(C)c(=O)n5C)c3Cl)c2Cl)cc2c1CCC2. The van der Waals surface area contributed by atoms with Crippen molar-refractivity contribution in [3.05, 3.63) is 90.8 Å². The Morgan fingerprint density at radius 2 is 1.65 bits per heavy atom. The quantitative estimate of drug-likeness (QED) is 0.303. The molecule has 40 heavy (non-hydrogen) atoms. The number of methoxy groups -OCH3 is 1. The lowest BCUT2D eigenvalue weighted by Gasteiger charge is -2.16. The van der Waals surface area contributed by atoms with E-state index in [2.05, 4.69) is 21.4 Å². The lowest BCUT2D eigenvalue weighted by molar-refractivity contribution is 0.394. The van der Waals surface area contributed by atoms with Crippen molar-refractivity contribution in [3.63, 3.8) is 0 Å². The van der Waals surface area contributed by atoms with Crippen LogP contribution in [0.3, 0.4) is 0 Å². The van der Waals surface area contributed by atoms with E-state index in [9.17, 15) is 9.59 Å². The van der Waals surface area contributed by atoms with Crippen molar-refractivity contribution in [1.29, 1.82) is 0 Å². The van der Waals surface area contributed by atoms with Gasteiger partial charge in [0.05, 0.1) is 28.5 Å². The van der Waals surface area contributed by atoms with Crippen LogP contribution in [0.25, 0.3) is 33.4 Å². The number of rotatable bonds is 5. The Kier molecular flexibility index (Phi) is 6.56. The summed E-state index contributed by atoms with van der Waals surface area (Å²) in [7, 11) is 4.60. The molecule has 3 aromatic heterocycles. The van der Waals surface area contributed by atoms with Crippen LogP contribution in [-0.4, -0.2) is 31.2 Å². The molecule has 1 aliphatic carbocycles. The van der Waals surface area contributed by atoms with Gasteiger partial charge in [0.2, 0.25) is 5.88 Å². The smallest absolute Gasteiger partial charge is 0.332 e. The second-order valence-electron chi connectivity index (χ2n) is 9.59. The summed E-state index contributed by atoms with van der Waals surface area (Å²) in [6.07, 6.45) is 4.30. The molecule has 0 aliphatic heterocycles. The molecule has 1 aliphatic rings. The first-order valence-corrected chi connectivity index (χ1v) is 13.4. The van der Waals surface area contributed by atoms with Crippen molar-refractivity contribution in [1.82, 2.24) is 24.1 Å². The van der Waals surface area contributed by atoms with Crippen LogP contribution < -0.4 is 21.3 Å². The Morgan fingerprint density at radius 3 is 2.42 bits per heavy atom. The Hall–Kier alpha value is -4.21. The fourth-order valence-corrected chi connectivity index (χ4v) is 5.85. The third-order valence-corrected chi connectivity index (χ3v) is 8.11. The van der Waals surface area contributed by atoms with Crippen LogP contribution in [0.5, 0.6) is 5.88 Å². The van der Waals surface area contributed by atoms with Crippen molar-refractivity contribution in [2.24, 2.45) is 14.1 Å². The third-order valence-electron chi connectivity index (χ3n) is 7.30. The summed E-state index contributed by atoms with van der Waals surface area (Å²) in [6, 6.07) is 13.3. The molecule has 0 spiro atoms. The predicted octanol–water partition coefficient (Wildman–Crippen LogP) is 5.30. The van der Waals surface area contributed by atoms with E-state index in [1.807, 2.05) is 30.3 Å². The summed E-state index contributed by atoms with van der Waals surface area (Å²) in [5.74, 6) is 0.867. The fourth-order valence-electron chi connectivity index (χ4n) is 5.25. The van der Waals surface area contributed by atoms with E-state index in [1.165, 1.54) is 23.5 Å². The maximum atomic E-state index is 13.0. The van der Waals surface area contributed by atoms with Crippen molar-refractivity contribution in [2.75, 3.05) is 12.4 Å². The molecule has 2 aromatic carbocycles. The molecule has 6 rings (SSSR count). The maximum Gasteiger partial charge on any atom is 0.332 e. The minimum Gasteiger partial charge on any atom is -0.481 e. The number of benzene rings is 2. The fraction of sp³-hybridized carbons (Fsp3) is 0.207. The van der Waals surface area contributed by atoms with Gasteiger partial charge in [-0.05, 0) is 37.0 Å². The zero-order valence-corrected chi connectivity index (χ0v) is 23.5. The van der Waals surface area contributed by atoms with E-state index in [0.29, 0.717) is 27.2 Å². The zero-order chi connectivity index (χ0) is 28.1. The Morgan fingerprint density at radius 1 is 0.925 bits per heavy atom. The molecule has 0 radical (unpaired) electrons. The van der Waals surface area contributed by atoms with Gasteiger partial charge in [-0.25, -0.2) is 19.7 Å². The number of nitrogens with one attached hydrogen (secondary N) is 1. The number of aromatic nitrogens is 5. The highest BCUT2D eigenvalue weighted by Gasteiger charge is 2.22. The van der Waals surface area contributed by atoms with Crippen LogP contribution in [-0.2, 0) is 26.9 Å². The number of aryl methyl sites for hydroxylation is 2. The molecule has 0 amide bonds. The minimum absolute atomic E-state index is 0.172. The summed E-state index contributed by atoms with van der Waals surface area (Å²) in [4.78, 5) is 38.6. The van der Waals surface area contributed by atoms with Gasteiger partial charge in [-0.3, -0.25) is 13.9 Å². The normalized spacial score (nSPS) is 12.5. The number of hydrogen-bond donors (Lipinski definition) is 1. The van der Waals surface area contributed by atoms with E-state index in [1.54, 1.807) is 20.2 Å². The van der Waals surface area contributed by atoms with Crippen LogP contribution in [0.2, 0.25) is 10.0 Å². The van der Waals surface area contributed by atoms with Crippen LogP contribution >= 0.6 is 23.2 Å². The van der Waals surface area contributed by atoms with Crippen LogP contribution in [0.1, 0.15) is 17.5 Å². The van der Waals surface area contributed by atoms with Gasteiger partial charge in [0, 0.05) is 36.3 Å². The monoisotopic (exact) mass is 574 g/mol. The summed E-state index contributed by atoms with van der Waals surface area (Å²) in [6.45, 7) is 0. The Balaban J connectivity index is 1.45. The summed E-state index contributed by atoms with van der Waals surface area (Å²) in [5.41, 5.74) is 5.04. The molecule has 3 heterocycles.